The fourth-order valence-corrected chi connectivity index (χ4v) is 2.59. The van der Waals surface area contributed by atoms with Crippen LogP contribution in [0, 0.1) is 5.82 Å². The Balaban J connectivity index is 2.30. The summed E-state index contributed by atoms with van der Waals surface area (Å²) in [5.74, 6) is -1.30. The molecule has 3 rings (SSSR count). The number of nitrogens with zero attached hydrogens (tertiary/aromatic N) is 2. The van der Waals surface area contributed by atoms with Gasteiger partial charge in [0.25, 0.3) is 0 Å². The molecule has 0 aliphatic carbocycles. The molecule has 124 valence electrons. The van der Waals surface area contributed by atoms with Gasteiger partial charge >= 0.3 is 5.97 Å². The van der Waals surface area contributed by atoms with E-state index in [1.807, 2.05) is 6.92 Å². The van der Waals surface area contributed by atoms with Crippen LogP contribution in [0.3, 0.4) is 0 Å². The number of aryl methyl sites for hydroxylation is 1. The lowest BCUT2D eigenvalue weighted by Gasteiger charge is -2.12. The second-order valence-corrected chi connectivity index (χ2v) is 5.14. The van der Waals surface area contributed by atoms with Crippen LogP contribution >= 0.6 is 0 Å². The first-order valence-corrected chi connectivity index (χ1v) is 7.50. The van der Waals surface area contributed by atoms with Gasteiger partial charge in [-0.2, -0.15) is 0 Å². The second-order valence-electron chi connectivity index (χ2n) is 5.14. The topological polar surface area (TPSA) is 74.3 Å². The Morgan fingerprint density at radius 3 is 2.79 bits per heavy atom. The zero-order valence-electron chi connectivity index (χ0n) is 13.2. The number of fused-ring (bicyclic) bond motifs is 1. The molecule has 0 atom stereocenters. The molecule has 0 radical (unpaired) electrons. The minimum atomic E-state index is -0.713. The van der Waals surface area contributed by atoms with Gasteiger partial charge in [0.05, 0.1) is 18.3 Å². The Morgan fingerprint density at radius 2 is 2.17 bits per heavy atom. The van der Waals surface area contributed by atoms with E-state index in [-0.39, 0.29) is 23.1 Å². The predicted molar refractivity (Wildman–Crippen MR) is 85.3 cm³/mol. The lowest BCUT2D eigenvalue weighted by molar-refractivity contribution is 0.0524. The van der Waals surface area contributed by atoms with E-state index < -0.39 is 17.2 Å². The normalized spacial score (nSPS) is 11.0. The van der Waals surface area contributed by atoms with Crippen molar-refractivity contribution in [3.63, 3.8) is 0 Å². The molecular formula is C17H15FN2O4. The van der Waals surface area contributed by atoms with Crippen LogP contribution in [0.5, 0.6) is 0 Å². The molecule has 2 aromatic heterocycles. The summed E-state index contributed by atoms with van der Waals surface area (Å²) in [5, 5.41) is 3.69. The fourth-order valence-electron chi connectivity index (χ4n) is 2.59. The van der Waals surface area contributed by atoms with E-state index in [1.54, 1.807) is 17.6 Å². The van der Waals surface area contributed by atoms with Crippen molar-refractivity contribution in [1.29, 1.82) is 0 Å². The van der Waals surface area contributed by atoms with Crippen molar-refractivity contribution in [3.8, 4) is 11.1 Å². The maximum atomic E-state index is 14.4. The number of pyridine rings is 1. The van der Waals surface area contributed by atoms with Crippen LogP contribution in [0.4, 0.5) is 4.39 Å². The Kier molecular flexibility index (Phi) is 4.16. The van der Waals surface area contributed by atoms with Gasteiger partial charge in [-0.15, -0.1) is 0 Å². The van der Waals surface area contributed by atoms with Crippen molar-refractivity contribution in [2.45, 2.75) is 20.4 Å². The standard InChI is InChI=1S/C17H15FN2O4/c1-3-20-8-13(17(22)23-4-2)16(21)12-5-14(18)11(6-15(12)20)10-7-19-24-9-10/h5-9H,3-4H2,1-2H3. The summed E-state index contributed by atoms with van der Waals surface area (Å²) in [6.45, 7) is 4.17. The number of hydrogen-bond donors (Lipinski definition) is 0. The van der Waals surface area contributed by atoms with E-state index in [4.69, 9.17) is 9.26 Å². The van der Waals surface area contributed by atoms with E-state index in [1.165, 1.54) is 18.7 Å². The first-order chi connectivity index (χ1) is 11.6. The number of carbonyl (C=O) groups is 1. The van der Waals surface area contributed by atoms with E-state index in [9.17, 15) is 14.0 Å². The van der Waals surface area contributed by atoms with Crippen molar-refractivity contribution in [3.05, 3.63) is 52.4 Å². The van der Waals surface area contributed by atoms with Crippen LogP contribution in [-0.4, -0.2) is 22.3 Å². The molecule has 7 heteroatoms. The number of aromatic nitrogens is 2. The average molecular weight is 330 g/mol. The molecule has 1 aromatic carbocycles. The van der Waals surface area contributed by atoms with E-state index in [0.717, 1.165) is 6.07 Å². The van der Waals surface area contributed by atoms with E-state index in [0.29, 0.717) is 17.6 Å². The van der Waals surface area contributed by atoms with Crippen LogP contribution < -0.4 is 5.43 Å². The monoisotopic (exact) mass is 330 g/mol. The summed E-state index contributed by atoms with van der Waals surface area (Å²) in [6, 6.07) is 2.69. The molecule has 0 spiro atoms. The summed E-state index contributed by atoms with van der Waals surface area (Å²) in [4.78, 5) is 24.5. The summed E-state index contributed by atoms with van der Waals surface area (Å²) in [6.07, 6.45) is 4.16. The molecule has 0 saturated carbocycles. The molecule has 0 bridgehead atoms. The molecule has 2 heterocycles. The highest BCUT2D eigenvalue weighted by Gasteiger charge is 2.19. The van der Waals surface area contributed by atoms with Gasteiger partial charge in [0.15, 0.2) is 0 Å². The van der Waals surface area contributed by atoms with Gasteiger partial charge in [0.2, 0.25) is 5.43 Å². The number of esters is 1. The zero-order chi connectivity index (χ0) is 17.3. The summed E-state index contributed by atoms with van der Waals surface area (Å²) in [5.41, 5.74) is 0.605. The minimum Gasteiger partial charge on any atom is -0.462 e. The van der Waals surface area contributed by atoms with Gasteiger partial charge in [-0.1, -0.05) is 5.16 Å². The first-order valence-electron chi connectivity index (χ1n) is 7.50. The maximum absolute atomic E-state index is 14.4. The molecule has 0 N–H and O–H groups in total. The number of carbonyl (C=O) groups excluding carboxylic acids is 1. The third-order valence-electron chi connectivity index (χ3n) is 3.75. The van der Waals surface area contributed by atoms with Crippen LogP contribution in [0.1, 0.15) is 24.2 Å². The van der Waals surface area contributed by atoms with Gasteiger partial charge in [-0.3, -0.25) is 4.79 Å². The van der Waals surface area contributed by atoms with E-state index >= 15 is 0 Å². The number of benzene rings is 1. The summed E-state index contributed by atoms with van der Waals surface area (Å²) < 4.78 is 25.8. The lowest BCUT2D eigenvalue weighted by Crippen LogP contribution is -2.21. The Bertz CT molecular complexity index is 961. The van der Waals surface area contributed by atoms with Gasteiger partial charge in [0.1, 0.15) is 17.6 Å². The molecular weight excluding hydrogens is 315 g/mol. The smallest absolute Gasteiger partial charge is 0.343 e. The number of halogens is 1. The molecule has 24 heavy (non-hydrogen) atoms. The van der Waals surface area contributed by atoms with Gasteiger partial charge in [0, 0.05) is 29.3 Å². The number of rotatable bonds is 4. The summed E-state index contributed by atoms with van der Waals surface area (Å²) in [7, 11) is 0. The third-order valence-corrected chi connectivity index (χ3v) is 3.75. The second kappa shape index (κ2) is 6.27. The molecule has 0 unspecified atom stereocenters. The van der Waals surface area contributed by atoms with Crippen molar-refractivity contribution in [2.24, 2.45) is 0 Å². The lowest BCUT2D eigenvalue weighted by atomic mass is 10.0. The van der Waals surface area contributed by atoms with Gasteiger partial charge in [-0.05, 0) is 26.0 Å². The minimum absolute atomic E-state index is 0.108. The van der Waals surface area contributed by atoms with Crippen molar-refractivity contribution < 1.29 is 18.4 Å². The molecule has 0 amide bonds. The van der Waals surface area contributed by atoms with Crippen molar-refractivity contribution >= 4 is 16.9 Å². The molecule has 0 aliphatic rings. The van der Waals surface area contributed by atoms with Crippen molar-refractivity contribution in [1.82, 2.24) is 9.72 Å². The van der Waals surface area contributed by atoms with Gasteiger partial charge < -0.3 is 13.8 Å². The van der Waals surface area contributed by atoms with Crippen molar-refractivity contribution in [2.75, 3.05) is 6.61 Å². The highest BCUT2D eigenvalue weighted by atomic mass is 19.1. The Labute approximate surface area is 136 Å². The van der Waals surface area contributed by atoms with Crippen LogP contribution in [0.2, 0.25) is 0 Å². The molecule has 0 aliphatic heterocycles. The third kappa shape index (κ3) is 2.58. The fraction of sp³-hybridized carbons (Fsp3) is 0.235. The summed E-state index contributed by atoms with van der Waals surface area (Å²) >= 11 is 0. The molecule has 0 fully saturated rings. The number of hydrogen-bond acceptors (Lipinski definition) is 5. The highest BCUT2D eigenvalue weighted by Crippen LogP contribution is 2.26. The van der Waals surface area contributed by atoms with E-state index in [2.05, 4.69) is 5.16 Å². The SMILES string of the molecule is CCOC(=O)c1cn(CC)c2cc(-c3cnoc3)c(F)cc2c1=O. The Hall–Kier alpha value is -2.96. The quantitative estimate of drug-likeness (QED) is 0.688. The Morgan fingerprint density at radius 1 is 1.38 bits per heavy atom. The predicted octanol–water partition coefficient (Wildman–Crippen LogP) is 2.99. The first kappa shape index (κ1) is 15.9. The zero-order valence-corrected chi connectivity index (χ0v) is 13.2. The molecule has 0 saturated heterocycles. The largest absolute Gasteiger partial charge is 0.462 e. The average Bonchev–Trinajstić information content (AvgIpc) is 3.09. The van der Waals surface area contributed by atoms with Crippen LogP contribution in [0.15, 0.2) is 40.1 Å². The van der Waals surface area contributed by atoms with Crippen LogP contribution in [-0.2, 0) is 11.3 Å². The maximum Gasteiger partial charge on any atom is 0.343 e. The number of ether oxygens (including phenoxy) is 1. The highest BCUT2D eigenvalue weighted by molar-refractivity contribution is 5.94. The molecule has 6 nitrogen and oxygen atoms in total. The van der Waals surface area contributed by atoms with Crippen LogP contribution in [0.25, 0.3) is 22.0 Å². The molecule has 3 aromatic rings. The van der Waals surface area contributed by atoms with Gasteiger partial charge in [-0.25, -0.2) is 9.18 Å².